The topological polar surface area (TPSA) is 89.1 Å². The third kappa shape index (κ3) is 3.54. The lowest BCUT2D eigenvalue weighted by Crippen LogP contribution is -2.26. The summed E-state index contributed by atoms with van der Waals surface area (Å²) in [6.45, 7) is 3.85. The molecule has 1 aliphatic carbocycles. The number of rotatable bonds is 4. The van der Waals surface area contributed by atoms with Crippen molar-refractivity contribution in [3.05, 3.63) is 52.4 Å². The molecule has 3 N–H and O–H groups in total. The minimum atomic E-state index is 0.0322. The van der Waals surface area contributed by atoms with E-state index in [1.165, 1.54) is 5.69 Å². The van der Waals surface area contributed by atoms with Crippen LogP contribution in [0.1, 0.15) is 43.7 Å². The Kier molecular flexibility index (Phi) is 4.90. The van der Waals surface area contributed by atoms with Crippen LogP contribution in [0.5, 0.6) is 0 Å². The molecule has 2 aromatic heterocycles. The van der Waals surface area contributed by atoms with Crippen LogP contribution in [0.4, 0.5) is 17.3 Å². The van der Waals surface area contributed by atoms with E-state index >= 15 is 0 Å². The average Bonchev–Trinajstić information content (AvgIpc) is 3.41. The number of nitrogens with two attached hydrogens (primary N) is 1. The highest BCUT2D eigenvalue weighted by Crippen LogP contribution is 2.31. The van der Waals surface area contributed by atoms with Crippen molar-refractivity contribution < 1.29 is 0 Å². The van der Waals surface area contributed by atoms with Crippen LogP contribution in [0.15, 0.2) is 41.3 Å². The lowest BCUT2D eigenvalue weighted by Gasteiger charge is -2.19. The van der Waals surface area contributed by atoms with Crippen LogP contribution >= 0.6 is 0 Å². The Hall–Kier alpha value is -2.93. The third-order valence-corrected chi connectivity index (χ3v) is 6.40. The summed E-state index contributed by atoms with van der Waals surface area (Å²) in [6.07, 6.45) is 7.25. The summed E-state index contributed by atoms with van der Waals surface area (Å²) in [5.74, 6) is 0.509. The molecule has 7 heteroatoms. The van der Waals surface area contributed by atoms with Gasteiger partial charge in [0.25, 0.3) is 5.56 Å². The minimum absolute atomic E-state index is 0.0322. The molecule has 0 bridgehead atoms. The maximum Gasteiger partial charge on any atom is 0.252 e. The van der Waals surface area contributed by atoms with Crippen molar-refractivity contribution in [1.82, 2.24) is 14.5 Å². The first-order chi connectivity index (χ1) is 14.6. The molecule has 2 fully saturated rings. The predicted octanol–water partition coefficient (Wildman–Crippen LogP) is 3.50. The second-order valence-corrected chi connectivity index (χ2v) is 8.57. The molecular formula is C23H28N6O. The summed E-state index contributed by atoms with van der Waals surface area (Å²) in [6, 6.07) is 10.5. The number of nitrogens with one attached hydrogen (secondary N) is 1. The Balaban J connectivity index is 1.45. The predicted molar refractivity (Wildman–Crippen MR) is 121 cm³/mol. The zero-order chi connectivity index (χ0) is 20.7. The van der Waals surface area contributed by atoms with E-state index < -0.39 is 0 Å². The molecule has 3 aromatic rings. The fraction of sp³-hybridized carbons (Fsp3) is 0.435. The van der Waals surface area contributed by atoms with E-state index in [1.807, 2.05) is 29.8 Å². The monoisotopic (exact) mass is 404 g/mol. The molecule has 1 unspecified atom stereocenters. The molecule has 3 heterocycles. The van der Waals surface area contributed by atoms with Crippen LogP contribution in [0.2, 0.25) is 0 Å². The highest BCUT2D eigenvalue weighted by atomic mass is 16.1. The second-order valence-electron chi connectivity index (χ2n) is 8.57. The van der Waals surface area contributed by atoms with Crippen LogP contribution in [0.3, 0.4) is 0 Å². The van der Waals surface area contributed by atoms with Gasteiger partial charge in [-0.1, -0.05) is 12.8 Å². The Labute approximate surface area is 175 Å². The maximum absolute atomic E-state index is 12.8. The van der Waals surface area contributed by atoms with Crippen molar-refractivity contribution in [2.24, 2.45) is 5.73 Å². The van der Waals surface area contributed by atoms with Gasteiger partial charge in [0.05, 0.1) is 0 Å². The van der Waals surface area contributed by atoms with Gasteiger partial charge in [-0.2, -0.15) is 4.98 Å². The summed E-state index contributed by atoms with van der Waals surface area (Å²) in [5, 5.41) is 4.24. The van der Waals surface area contributed by atoms with E-state index in [0.29, 0.717) is 5.95 Å². The number of nitrogens with zero attached hydrogens (tertiary/aromatic N) is 4. The van der Waals surface area contributed by atoms with Crippen LogP contribution in [-0.2, 0) is 0 Å². The Morgan fingerprint density at radius 1 is 1.13 bits per heavy atom. The van der Waals surface area contributed by atoms with Gasteiger partial charge in [0.15, 0.2) is 0 Å². The standard InChI is InChI=1S/C23H28N6O/c1-15-12-21(30)29(19-4-2-3-5-19)22-20(15)13-25-23(27-22)26-17-6-8-18(9-7-17)28-11-10-16(24)14-28/h6-9,12-13,16,19H,2-5,10-11,14,24H2,1H3,(H,25,26,27). The van der Waals surface area contributed by atoms with Crippen molar-refractivity contribution in [3.8, 4) is 0 Å². The largest absolute Gasteiger partial charge is 0.370 e. The molecule has 1 aromatic carbocycles. The zero-order valence-corrected chi connectivity index (χ0v) is 17.3. The summed E-state index contributed by atoms with van der Waals surface area (Å²) in [7, 11) is 0. The molecule has 1 saturated carbocycles. The van der Waals surface area contributed by atoms with E-state index in [2.05, 4.69) is 27.3 Å². The van der Waals surface area contributed by atoms with Gasteiger partial charge in [0.2, 0.25) is 5.95 Å². The number of hydrogen-bond acceptors (Lipinski definition) is 6. The van der Waals surface area contributed by atoms with E-state index in [4.69, 9.17) is 10.7 Å². The van der Waals surface area contributed by atoms with Crippen LogP contribution < -0.4 is 21.5 Å². The highest BCUT2D eigenvalue weighted by Gasteiger charge is 2.22. The molecule has 30 heavy (non-hydrogen) atoms. The zero-order valence-electron chi connectivity index (χ0n) is 17.3. The SMILES string of the molecule is Cc1cc(=O)n(C2CCCC2)c2nc(Nc3ccc(N4CCC(N)C4)cc3)ncc12. The van der Waals surface area contributed by atoms with E-state index in [-0.39, 0.29) is 17.6 Å². The summed E-state index contributed by atoms with van der Waals surface area (Å²) >= 11 is 0. The number of pyridine rings is 1. The van der Waals surface area contributed by atoms with Gasteiger partial charge < -0.3 is 16.0 Å². The second kappa shape index (κ2) is 7.72. The van der Waals surface area contributed by atoms with Crippen molar-refractivity contribution in [1.29, 1.82) is 0 Å². The van der Waals surface area contributed by atoms with Gasteiger partial charge in [-0.3, -0.25) is 9.36 Å². The Morgan fingerprint density at radius 3 is 2.60 bits per heavy atom. The highest BCUT2D eigenvalue weighted by molar-refractivity contribution is 5.79. The minimum Gasteiger partial charge on any atom is -0.370 e. The van der Waals surface area contributed by atoms with Crippen molar-refractivity contribution >= 4 is 28.4 Å². The first kappa shape index (κ1) is 19.1. The summed E-state index contributed by atoms with van der Waals surface area (Å²) in [5.41, 5.74) is 9.80. The lowest BCUT2D eigenvalue weighted by molar-refractivity contribution is 0.515. The third-order valence-electron chi connectivity index (χ3n) is 6.40. The summed E-state index contributed by atoms with van der Waals surface area (Å²) in [4.78, 5) is 24.3. The molecule has 1 saturated heterocycles. The number of aromatic nitrogens is 3. The maximum atomic E-state index is 12.8. The van der Waals surface area contributed by atoms with Gasteiger partial charge in [-0.05, 0) is 56.0 Å². The fourth-order valence-electron chi connectivity index (χ4n) is 4.75. The van der Waals surface area contributed by atoms with Crippen LogP contribution in [-0.4, -0.2) is 33.7 Å². The number of hydrogen-bond donors (Lipinski definition) is 2. The van der Waals surface area contributed by atoms with Crippen LogP contribution in [0.25, 0.3) is 11.0 Å². The molecule has 2 aliphatic rings. The lowest BCUT2D eigenvalue weighted by atomic mass is 10.1. The number of aryl methyl sites for hydroxylation is 1. The van der Waals surface area contributed by atoms with Crippen molar-refractivity contribution in [2.75, 3.05) is 23.3 Å². The molecule has 0 amide bonds. The number of fused-ring (bicyclic) bond motifs is 1. The molecule has 5 rings (SSSR count). The van der Waals surface area contributed by atoms with Gasteiger partial charge in [0, 0.05) is 54.2 Å². The molecule has 156 valence electrons. The van der Waals surface area contributed by atoms with Crippen molar-refractivity contribution in [3.63, 3.8) is 0 Å². The van der Waals surface area contributed by atoms with Crippen LogP contribution in [0, 0.1) is 6.92 Å². The van der Waals surface area contributed by atoms with Gasteiger partial charge >= 0.3 is 0 Å². The molecule has 0 spiro atoms. The summed E-state index contributed by atoms with van der Waals surface area (Å²) < 4.78 is 1.88. The normalized spacial score (nSPS) is 19.7. The van der Waals surface area contributed by atoms with Gasteiger partial charge in [-0.15, -0.1) is 0 Å². The molecule has 7 nitrogen and oxygen atoms in total. The first-order valence-corrected chi connectivity index (χ1v) is 10.8. The quantitative estimate of drug-likeness (QED) is 0.692. The van der Waals surface area contributed by atoms with E-state index in [0.717, 1.165) is 67.5 Å². The Morgan fingerprint density at radius 2 is 1.90 bits per heavy atom. The number of benzene rings is 1. The Bertz CT molecular complexity index is 1120. The fourth-order valence-corrected chi connectivity index (χ4v) is 4.75. The molecule has 1 aliphatic heterocycles. The van der Waals surface area contributed by atoms with E-state index in [1.54, 1.807) is 6.07 Å². The van der Waals surface area contributed by atoms with E-state index in [9.17, 15) is 4.79 Å². The number of anilines is 3. The first-order valence-electron chi connectivity index (χ1n) is 10.8. The smallest absolute Gasteiger partial charge is 0.252 e. The van der Waals surface area contributed by atoms with Gasteiger partial charge in [-0.25, -0.2) is 4.98 Å². The average molecular weight is 405 g/mol. The van der Waals surface area contributed by atoms with Gasteiger partial charge in [0.1, 0.15) is 5.65 Å². The molecular weight excluding hydrogens is 376 g/mol. The van der Waals surface area contributed by atoms with Crippen molar-refractivity contribution in [2.45, 2.75) is 51.1 Å². The molecule has 0 radical (unpaired) electrons. The molecule has 1 atom stereocenters.